The second-order valence-corrected chi connectivity index (χ2v) is 20.5. The number of hydrogen-bond donors (Lipinski definition) is 0. The van der Waals surface area contributed by atoms with Crippen LogP contribution in [0.1, 0.15) is 212 Å². The highest BCUT2D eigenvalue weighted by molar-refractivity contribution is 5.81. The lowest BCUT2D eigenvalue weighted by Gasteiger charge is -2.41. The van der Waals surface area contributed by atoms with Gasteiger partial charge >= 0.3 is 5.97 Å². The van der Waals surface area contributed by atoms with Gasteiger partial charge in [-0.25, -0.2) is 13.6 Å². The first-order valence-corrected chi connectivity index (χ1v) is 26.3. The molecule has 8 atom stereocenters. The van der Waals surface area contributed by atoms with E-state index in [9.17, 15) is 4.79 Å². The summed E-state index contributed by atoms with van der Waals surface area (Å²) in [5, 5.41) is 0. The highest BCUT2D eigenvalue weighted by Gasteiger charge is 2.40. The monoisotopic (exact) mass is 857 g/mol. The lowest BCUT2D eigenvalue weighted by atomic mass is 9.67. The van der Waals surface area contributed by atoms with Gasteiger partial charge in [0.15, 0.2) is 6.17 Å². The fraction of sp³-hybridized carbons (Fsp3) is 0.907. The van der Waals surface area contributed by atoms with E-state index in [2.05, 4.69) is 25.3 Å². The van der Waals surface area contributed by atoms with Crippen LogP contribution in [-0.4, -0.2) is 63.1 Å². The average molecular weight is 857 g/mol. The smallest absolute Gasteiger partial charge is 0.330 e. The standard InChI is InChI=1S/C54H90F2O5/c1-3-5-10-17-42-20-22-43(23-21-42)18-11-12-19-46-31-35-51(54(56)53(46)55)60-38-15-8-6-13-36-58-49-32-27-44(28-33-49)24-25-45-26-29-48-41-50(34-30-47(48)40-45)59-37-14-7-9-16-39-61-52(57)4-2/h4,42-51,53-54H,2-3,5-23,26-41H2,1H3. The minimum Gasteiger partial charge on any atom is -0.463 e. The Kier molecular flexibility index (Phi) is 24.7. The summed E-state index contributed by atoms with van der Waals surface area (Å²) in [7, 11) is 0. The third-order valence-electron chi connectivity index (χ3n) is 15.8. The summed E-state index contributed by atoms with van der Waals surface area (Å²) in [6.07, 6.45) is 35.9. The summed E-state index contributed by atoms with van der Waals surface area (Å²) in [6, 6.07) is 0. The molecule has 5 saturated carbocycles. The Hall–Kier alpha value is -1.49. The van der Waals surface area contributed by atoms with Crippen molar-refractivity contribution in [3.05, 3.63) is 12.7 Å². The van der Waals surface area contributed by atoms with Crippen molar-refractivity contribution in [2.24, 2.45) is 41.4 Å². The molecule has 5 rings (SSSR count). The molecule has 7 heteroatoms. The molecule has 350 valence electrons. The van der Waals surface area contributed by atoms with Gasteiger partial charge in [-0.05, 0) is 145 Å². The van der Waals surface area contributed by atoms with E-state index in [1.165, 1.54) is 109 Å². The third kappa shape index (κ3) is 19.3. The zero-order valence-electron chi connectivity index (χ0n) is 39.0. The normalized spacial score (nSPS) is 33.0. The highest BCUT2D eigenvalue weighted by Crippen LogP contribution is 2.44. The summed E-state index contributed by atoms with van der Waals surface area (Å²) < 4.78 is 53.7. The van der Waals surface area contributed by atoms with E-state index >= 15 is 8.78 Å². The summed E-state index contributed by atoms with van der Waals surface area (Å²) in [6.45, 7) is 8.39. The zero-order chi connectivity index (χ0) is 42.9. The van der Waals surface area contributed by atoms with Gasteiger partial charge in [0.1, 0.15) is 6.17 Å². The molecule has 5 aliphatic carbocycles. The van der Waals surface area contributed by atoms with Crippen LogP contribution in [0.4, 0.5) is 8.78 Å². The van der Waals surface area contributed by atoms with Gasteiger partial charge in [-0.15, -0.1) is 0 Å². The Morgan fingerprint density at radius 1 is 0.541 bits per heavy atom. The van der Waals surface area contributed by atoms with Gasteiger partial charge in [0.2, 0.25) is 0 Å². The van der Waals surface area contributed by atoms with E-state index in [-0.39, 0.29) is 11.9 Å². The van der Waals surface area contributed by atoms with E-state index < -0.39 is 18.4 Å². The molecular formula is C54H90F2O5. The van der Waals surface area contributed by atoms with E-state index in [0.717, 1.165) is 133 Å². The van der Waals surface area contributed by atoms with Crippen LogP contribution in [0.3, 0.4) is 0 Å². The Morgan fingerprint density at radius 2 is 1.08 bits per heavy atom. The zero-order valence-corrected chi connectivity index (χ0v) is 39.0. The molecule has 0 aromatic heterocycles. The second-order valence-electron chi connectivity index (χ2n) is 20.5. The van der Waals surface area contributed by atoms with Crippen molar-refractivity contribution in [2.45, 2.75) is 243 Å². The van der Waals surface area contributed by atoms with Gasteiger partial charge in [-0.2, -0.15) is 0 Å². The van der Waals surface area contributed by atoms with Crippen LogP contribution in [0, 0.1) is 53.3 Å². The number of carbonyl (C=O) groups is 1. The quantitative estimate of drug-likeness (QED) is 0.0356. The summed E-state index contributed by atoms with van der Waals surface area (Å²) in [4.78, 5) is 11.1. The Labute approximate surface area is 372 Å². The first kappa shape index (κ1) is 50.5. The van der Waals surface area contributed by atoms with Crippen LogP contribution in [0.2, 0.25) is 0 Å². The van der Waals surface area contributed by atoms with Crippen molar-refractivity contribution in [2.75, 3.05) is 26.4 Å². The highest BCUT2D eigenvalue weighted by atomic mass is 19.2. The minimum absolute atomic E-state index is 0.127. The number of rotatable bonds is 27. The van der Waals surface area contributed by atoms with Gasteiger partial charge in [0.25, 0.3) is 0 Å². The molecule has 0 heterocycles. The molecule has 5 aliphatic rings. The molecule has 61 heavy (non-hydrogen) atoms. The molecule has 8 unspecified atom stereocenters. The van der Waals surface area contributed by atoms with Gasteiger partial charge < -0.3 is 18.9 Å². The maximum atomic E-state index is 15.1. The molecular weight excluding hydrogens is 767 g/mol. The van der Waals surface area contributed by atoms with Crippen LogP contribution in [0.5, 0.6) is 0 Å². The van der Waals surface area contributed by atoms with Crippen molar-refractivity contribution in [3.8, 4) is 11.8 Å². The van der Waals surface area contributed by atoms with Crippen molar-refractivity contribution in [1.29, 1.82) is 0 Å². The number of esters is 1. The number of halogens is 2. The van der Waals surface area contributed by atoms with Crippen LogP contribution in [0.25, 0.3) is 0 Å². The van der Waals surface area contributed by atoms with Crippen LogP contribution in [-0.2, 0) is 23.7 Å². The predicted molar refractivity (Wildman–Crippen MR) is 246 cm³/mol. The molecule has 0 spiro atoms. The number of hydrogen-bond acceptors (Lipinski definition) is 5. The number of alkyl halides is 2. The molecule has 0 aliphatic heterocycles. The van der Waals surface area contributed by atoms with E-state index in [1.807, 2.05) is 0 Å². The van der Waals surface area contributed by atoms with Gasteiger partial charge in [0, 0.05) is 37.7 Å². The van der Waals surface area contributed by atoms with Gasteiger partial charge in [-0.3, -0.25) is 0 Å². The summed E-state index contributed by atoms with van der Waals surface area (Å²) in [5.74, 6) is 11.6. The van der Waals surface area contributed by atoms with Crippen LogP contribution < -0.4 is 0 Å². The Bertz CT molecular complexity index is 1230. The molecule has 0 amide bonds. The van der Waals surface area contributed by atoms with Crippen molar-refractivity contribution >= 4 is 5.97 Å². The number of unbranched alkanes of at least 4 members (excludes halogenated alkanes) is 9. The summed E-state index contributed by atoms with van der Waals surface area (Å²) >= 11 is 0. The first-order valence-electron chi connectivity index (χ1n) is 26.3. The maximum absolute atomic E-state index is 15.1. The fourth-order valence-electron chi connectivity index (χ4n) is 11.8. The number of ether oxygens (including phenoxy) is 4. The topological polar surface area (TPSA) is 54.0 Å². The van der Waals surface area contributed by atoms with E-state index in [4.69, 9.17) is 18.9 Å². The molecule has 0 N–H and O–H groups in total. The lowest BCUT2D eigenvalue weighted by molar-refractivity contribution is -0.137. The molecule has 0 aromatic rings. The Morgan fingerprint density at radius 3 is 1.75 bits per heavy atom. The summed E-state index contributed by atoms with van der Waals surface area (Å²) in [5.41, 5.74) is 0. The minimum atomic E-state index is -1.47. The second kappa shape index (κ2) is 29.9. The average Bonchev–Trinajstić information content (AvgIpc) is 3.28. The number of carbonyl (C=O) groups excluding carboxylic acids is 1. The van der Waals surface area contributed by atoms with Crippen molar-refractivity contribution < 1.29 is 32.5 Å². The largest absolute Gasteiger partial charge is 0.463 e. The molecule has 0 saturated heterocycles. The van der Waals surface area contributed by atoms with Crippen molar-refractivity contribution in [3.63, 3.8) is 0 Å². The molecule has 0 radical (unpaired) electrons. The first-order chi connectivity index (χ1) is 29.9. The number of fused-ring (bicyclic) bond motifs is 1. The lowest BCUT2D eigenvalue weighted by Crippen LogP contribution is -2.42. The van der Waals surface area contributed by atoms with Gasteiger partial charge in [-0.1, -0.05) is 115 Å². The molecule has 5 fully saturated rings. The molecule has 0 aromatic carbocycles. The van der Waals surface area contributed by atoms with E-state index in [0.29, 0.717) is 43.7 Å². The predicted octanol–water partition coefficient (Wildman–Crippen LogP) is 14.4. The maximum Gasteiger partial charge on any atom is 0.330 e. The third-order valence-corrected chi connectivity index (χ3v) is 15.8. The van der Waals surface area contributed by atoms with Crippen LogP contribution in [0.15, 0.2) is 12.7 Å². The van der Waals surface area contributed by atoms with E-state index in [1.54, 1.807) is 0 Å². The molecule has 0 bridgehead atoms. The Balaban J connectivity index is 0.803. The molecule has 5 nitrogen and oxygen atoms in total. The van der Waals surface area contributed by atoms with Gasteiger partial charge in [0.05, 0.1) is 24.9 Å². The van der Waals surface area contributed by atoms with Crippen LogP contribution >= 0.6 is 0 Å². The fourth-order valence-corrected chi connectivity index (χ4v) is 11.8. The van der Waals surface area contributed by atoms with Crippen molar-refractivity contribution in [1.82, 2.24) is 0 Å². The SMILES string of the molecule is C=CC(=O)OCCCCCCOC1CCC2CC(C#CC3CCC(OCCCCCCOC4CCC(CCCCC5CCC(CCCCC)CC5)C(F)C4F)CC3)CCC2C1.